The molecule has 0 heterocycles. The molecule has 1 aromatic rings. The molecule has 2 amide bonds. The minimum Gasteiger partial charge on any atom is -0.481 e. The second-order valence-corrected chi connectivity index (χ2v) is 6.40. The van der Waals surface area contributed by atoms with Crippen molar-refractivity contribution >= 4 is 17.8 Å². The third kappa shape index (κ3) is 9.49. The van der Waals surface area contributed by atoms with Gasteiger partial charge in [0.15, 0.2) is 0 Å². The molecule has 6 nitrogen and oxygen atoms in total. The van der Waals surface area contributed by atoms with Gasteiger partial charge in [0, 0.05) is 25.3 Å². The average Bonchev–Trinajstić information content (AvgIpc) is 2.57. The second-order valence-electron chi connectivity index (χ2n) is 6.40. The predicted molar refractivity (Wildman–Crippen MR) is 95.7 cm³/mol. The van der Waals surface area contributed by atoms with Crippen molar-refractivity contribution < 1.29 is 19.5 Å². The highest BCUT2D eigenvalue weighted by Gasteiger charge is 2.13. The number of primary amides is 1. The van der Waals surface area contributed by atoms with Crippen molar-refractivity contribution in [1.82, 2.24) is 5.32 Å². The Balaban J connectivity index is 2.35. The van der Waals surface area contributed by atoms with Gasteiger partial charge in [-0.05, 0) is 36.8 Å². The lowest BCUT2D eigenvalue weighted by Crippen LogP contribution is -2.29. The number of rotatable bonds is 12. The van der Waals surface area contributed by atoms with Gasteiger partial charge in [0.2, 0.25) is 11.8 Å². The summed E-state index contributed by atoms with van der Waals surface area (Å²) in [6.45, 7) is 2.23. The molecule has 0 spiro atoms. The van der Waals surface area contributed by atoms with Crippen LogP contribution in [0.1, 0.15) is 56.6 Å². The fourth-order valence-corrected chi connectivity index (χ4v) is 2.53. The Labute approximate surface area is 148 Å². The zero-order chi connectivity index (χ0) is 18.7. The summed E-state index contributed by atoms with van der Waals surface area (Å²) in [5.41, 5.74) is 7.31. The number of carbonyl (C=O) groups excluding carboxylic acids is 2. The number of carboxylic acids is 1. The number of unbranched alkanes of at least 4 members (excludes halogenated alkanes) is 2. The molecular formula is C19H28N2O4. The largest absolute Gasteiger partial charge is 0.481 e. The van der Waals surface area contributed by atoms with Gasteiger partial charge in [0.1, 0.15) is 0 Å². The first kappa shape index (κ1) is 20.7. The highest BCUT2D eigenvalue weighted by atomic mass is 16.4. The number of nitrogens with one attached hydrogen (secondary N) is 1. The summed E-state index contributed by atoms with van der Waals surface area (Å²) in [5.74, 6) is -1.47. The van der Waals surface area contributed by atoms with Crippen LogP contribution < -0.4 is 11.1 Å². The van der Waals surface area contributed by atoms with E-state index < -0.39 is 11.9 Å². The molecule has 25 heavy (non-hydrogen) atoms. The van der Waals surface area contributed by atoms with Crippen molar-refractivity contribution in [3.8, 4) is 0 Å². The minimum absolute atomic E-state index is 0.0830. The van der Waals surface area contributed by atoms with E-state index in [9.17, 15) is 14.4 Å². The first-order chi connectivity index (χ1) is 11.9. The number of carbonyl (C=O) groups is 3. The van der Waals surface area contributed by atoms with E-state index in [-0.39, 0.29) is 24.7 Å². The number of benzene rings is 1. The van der Waals surface area contributed by atoms with Gasteiger partial charge in [-0.2, -0.15) is 0 Å². The van der Waals surface area contributed by atoms with E-state index in [1.54, 1.807) is 6.92 Å². The maximum absolute atomic E-state index is 12.0. The molecule has 0 saturated carbocycles. The molecule has 6 heteroatoms. The number of nitrogens with two attached hydrogens (primary N) is 1. The second kappa shape index (κ2) is 11.2. The Kier molecular flexibility index (Phi) is 9.29. The van der Waals surface area contributed by atoms with Crippen LogP contribution in [0.4, 0.5) is 0 Å². The third-order valence-electron chi connectivity index (χ3n) is 4.09. The molecule has 1 rings (SSSR count). The summed E-state index contributed by atoms with van der Waals surface area (Å²) in [6, 6.07) is 8.02. The Morgan fingerprint density at radius 1 is 1.12 bits per heavy atom. The topological polar surface area (TPSA) is 109 Å². The monoisotopic (exact) mass is 348 g/mol. The first-order valence-corrected chi connectivity index (χ1v) is 8.74. The zero-order valence-electron chi connectivity index (χ0n) is 14.8. The summed E-state index contributed by atoms with van der Waals surface area (Å²) >= 11 is 0. The van der Waals surface area contributed by atoms with Crippen LogP contribution >= 0.6 is 0 Å². The zero-order valence-corrected chi connectivity index (χ0v) is 14.8. The Morgan fingerprint density at radius 3 is 2.52 bits per heavy atom. The van der Waals surface area contributed by atoms with Gasteiger partial charge in [-0.3, -0.25) is 14.4 Å². The SMILES string of the molecule is C[C@@H](CCC(N)=O)C(=O)NCc1cccc(CCCCCC(=O)O)c1. The van der Waals surface area contributed by atoms with Gasteiger partial charge in [-0.25, -0.2) is 0 Å². The van der Waals surface area contributed by atoms with E-state index >= 15 is 0 Å². The number of hydrogen-bond acceptors (Lipinski definition) is 3. The van der Waals surface area contributed by atoms with Crippen molar-refractivity contribution in [2.45, 2.75) is 58.4 Å². The van der Waals surface area contributed by atoms with E-state index in [1.165, 1.54) is 5.56 Å². The van der Waals surface area contributed by atoms with E-state index in [4.69, 9.17) is 10.8 Å². The summed E-state index contributed by atoms with van der Waals surface area (Å²) in [6.07, 6.45) is 4.34. The summed E-state index contributed by atoms with van der Waals surface area (Å²) in [5, 5.41) is 11.5. The van der Waals surface area contributed by atoms with Crippen molar-refractivity contribution in [3.05, 3.63) is 35.4 Å². The minimum atomic E-state index is -0.747. The van der Waals surface area contributed by atoms with E-state index in [0.717, 1.165) is 24.8 Å². The lowest BCUT2D eigenvalue weighted by Gasteiger charge is -2.12. The number of carboxylic acid groups (broad SMARTS) is 1. The summed E-state index contributed by atoms with van der Waals surface area (Å²) in [7, 11) is 0. The number of aryl methyl sites for hydroxylation is 1. The Morgan fingerprint density at radius 2 is 1.84 bits per heavy atom. The van der Waals surface area contributed by atoms with E-state index in [0.29, 0.717) is 19.4 Å². The molecule has 0 bridgehead atoms. The maximum atomic E-state index is 12.0. The molecule has 4 N–H and O–H groups in total. The van der Waals surface area contributed by atoms with Gasteiger partial charge in [-0.1, -0.05) is 37.6 Å². The van der Waals surface area contributed by atoms with Gasteiger partial charge < -0.3 is 16.2 Å². The molecule has 0 radical (unpaired) electrons. The van der Waals surface area contributed by atoms with E-state index in [2.05, 4.69) is 11.4 Å². The van der Waals surface area contributed by atoms with Crippen molar-refractivity contribution in [3.63, 3.8) is 0 Å². The smallest absolute Gasteiger partial charge is 0.303 e. The van der Waals surface area contributed by atoms with Crippen LogP contribution in [-0.4, -0.2) is 22.9 Å². The van der Waals surface area contributed by atoms with Crippen LogP contribution in [0.2, 0.25) is 0 Å². The molecule has 1 aromatic carbocycles. The quantitative estimate of drug-likeness (QED) is 0.504. The van der Waals surface area contributed by atoms with Crippen LogP contribution in [0.3, 0.4) is 0 Å². The number of amides is 2. The lowest BCUT2D eigenvalue weighted by atomic mass is 10.0. The molecule has 0 aliphatic rings. The van der Waals surface area contributed by atoms with Crippen molar-refractivity contribution in [1.29, 1.82) is 0 Å². The Hall–Kier alpha value is -2.37. The molecule has 1 atom stereocenters. The van der Waals surface area contributed by atoms with Crippen molar-refractivity contribution in [2.75, 3.05) is 0 Å². The first-order valence-electron chi connectivity index (χ1n) is 8.74. The highest BCUT2D eigenvalue weighted by molar-refractivity contribution is 5.79. The predicted octanol–water partition coefficient (Wildman–Crippen LogP) is 2.39. The average molecular weight is 348 g/mol. The summed E-state index contributed by atoms with van der Waals surface area (Å²) in [4.78, 5) is 33.2. The molecule has 0 aromatic heterocycles. The lowest BCUT2D eigenvalue weighted by molar-refractivity contribution is -0.137. The fourth-order valence-electron chi connectivity index (χ4n) is 2.53. The highest BCUT2D eigenvalue weighted by Crippen LogP contribution is 2.11. The van der Waals surface area contributed by atoms with Gasteiger partial charge in [0.05, 0.1) is 0 Å². The van der Waals surface area contributed by atoms with Crippen LogP contribution in [0, 0.1) is 5.92 Å². The van der Waals surface area contributed by atoms with Gasteiger partial charge in [0.25, 0.3) is 0 Å². The molecule has 0 saturated heterocycles. The van der Waals surface area contributed by atoms with Crippen LogP contribution in [-0.2, 0) is 27.3 Å². The van der Waals surface area contributed by atoms with Gasteiger partial charge in [-0.15, -0.1) is 0 Å². The van der Waals surface area contributed by atoms with Crippen LogP contribution in [0.15, 0.2) is 24.3 Å². The fraction of sp³-hybridized carbons (Fsp3) is 0.526. The molecule has 0 aliphatic heterocycles. The Bertz CT molecular complexity index is 587. The molecule has 0 aliphatic carbocycles. The molecule has 0 unspecified atom stereocenters. The van der Waals surface area contributed by atoms with Crippen LogP contribution in [0.5, 0.6) is 0 Å². The maximum Gasteiger partial charge on any atom is 0.303 e. The number of aliphatic carboxylic acids is 1. The number of hydrogen-bond donors (Lipinski definition) is 3. The molecular weight excluding hydrogens is 320 g/mol. The molecule has 0 fully saturated rings. The van der Waals surface area contributed by atoms with Gasteiger partial charge >= 0.3 is 5.97 Å². The normalized spacial score (nSPS) is 11.7. The summed E-state index contributed by atoms with van der Waals surface area (Å²) < 4.78 is 0. The van der Waals surface area contributed by atoms with E-state index in [1.807, 2.05) is 18.2 Å². The molecule has 138 valence electrons. The van der Waals surface area contributed by atoms with Crippen LogP contribution in [0.25, 0.3) is 0 Å². The standard InChI is InChI=1S/C19H28N2O4/c1-14(10-11-17(20)22)19(25)21-13-16-8-5-7-15(12-16)6-3-2-4-9-18(23)24/h5,7-8,12,14H,2-4,6,9-11,13H2,1H3,(H2,20,22)(H,21,25)(H,23,24)/t14-/m0/s1. The third-order valence-corrected chi connectivity index (χ3v) is 4.09. The van der Waals surface area contributed by atoms with Crippen molar-refractivity contribution in [2.24, 2.45) is 11.7 Å².